The number of nitrogens with one attached hydrogen (secondary N) is 4. The summed E-state index contributed by atoms with van der Waals surface area (Å²) in [6.07, 6.45) is 0. The minimum atomic E-state index is -0.315. The third-order valence-electron chi connectivity index (χ3n) is 5.32. The van der Waals surface area contributed by atoms with E-state index >= 15 is 0 Å². The molecule has 3 aromatic rings. The summed E-state index contributed by atoms with van der Waals surface area (Å²) in [6.45, 7) is 4.55. The Kier molecular flexibility index (Phi) is 9.89. The van der Waals surface area contributed by atoms with Gasteiger partial charge in [-0.15, -0.1) is 0 Å². The molecule has 0 saturated heterocycles. The van der Waals surface area contributed by atoms with Crippen LogP contribution in [0.4, 0.5) is 17.1 Å². The van der Waals surface area contributed by atoms with Crippen LogP contribution in [0.25, 0.3) is 0 Å². The van der Waals surface area contributed by atoms with Gasteiger partial charge in [-0.25, -0.2) is 0 Å². The molecular weight excluding hydrogens is 472 g/mol. The number of nitrogens with two attached hydrogens (primary N) is 1. The molecular formula is C27H32N6O4+2. The predicted octanol–water partition coefficient (Wildman–Crippen LogP) is 0.685. The van der Waals surface area contributed by atoms with Crippen molar-refractivity contribution in [1.29, 1.82) is 0 Å². The molecule has 0 saturated carbocycles. The average molecular weight is 505 g/mol. The van der Waals surface area contributed by atoms with E-state index in [-0.39, 0.29) is 23.6 Å². The van der Waals surface area contributed by atoms with Gasteiger partial charge in [0.05, 0.1) is 13.1 Å². The predicted molar refractivity (Wildman–Crippen MR) is 141 cm³/mol. The van der Waals surface area contributed by atoms with Crippen molar-refractivity contribution in [3.05, 3.63) is 89.5 Å². The maximum absolute atomic E-state index is 12.6. The fraction of sp³-hybridized carbons (Fsp3) is 0.185. The molecule has 37 heavy (non-hydrogen) atoms. The van der Waals surface area contributed by atoms with E-state index in [2.05, 4.69) is 32.3 Å². The quantitative estimate of drug-likeness (QED) is 0.212. The molecule has 0 aliphatic carbocycles. The van der Waals surface area contributed by atoms with Crippen molar-refractivity contribution in [1.82, 2.24) is 5.32 Å². The van der Waals surface area contributed by atoms with Crippen molar-refractivity contribution in [2.45, 2.75) is 6.92 Å². The summed E-state index contributed by atoms with van der Waals surface area (Å²) in [5, 5.41) is 13.2. The zero-order valence-electron chi connectivity index (χ0n) is 20.7. The van der Waals surface area contributed by atoms with Gasteiger partial charge >= 0.3 is 0 Å². The lowest BCUT2D eigenvalue weighted by molar-refractivity contribution is -0.668. The fourth-order valence-electron chi connectivity index (χ4n) is 3.40. The zero-order chi connectivity index (χ0) is 26.6. The Bertz CT molecular complexity index is 1230. The standard InChI is InChI=1S/C27H30N6O4/c1-18(34)31-22-8-4-20(5-9-22)26(36)33-24-12-6-21(7-13-24)27(37)32-23-10-2-19(3-11-23)25(35)30-17-16-29-15-14-28/h2-13,29H,14-17,28H2,1H3,(H,30,35)(H,31,34)(H,32,37)(H,33,36)/p+2. The molecule has 0 bridgehead atoms. The van der Waals surface area contributed by atoms with Crippen molar-refractivity contribution in [2.75, 3.05) is 42.1 Å². The van der Waals surface area contributed by atoms with E-state index in [0.29, 0.717) is 40.3 Å². The first-order chi connectivity index (χ1) is 17.9. The third kappa shape index (κ3) is 8.57. The van der Waals surface area contributed by atoms with Crippen molar-refractivity contribution in [2.24, 2.45) is 0 Å². The minimum Gasteiger partial charge on any atom is -0.353 e. The number of amides is 4. The van der Waals surface area contributed by atoms with Gasteiger partial charge in [-0.1, -0.05) is 0 Å². The lowest BCUT2D eigenvalue weighted by Gasteiger charge is -2.09. The van der Waals surface area contributed by atoms with Crippen LogP contribution in [0, 0.1) is 0 Å². The Morgan fingerprint density at radius 2 is 1.03 bits per heavy atom. The monoisotopic (exact) mass is 504 g/mol. The molecule has 4 amide bonds. The van der Waals surface area contributed by atoms with E-state index in [0.717, 1.165) is 19.6 Å². The Labute approximate surface area is 215 Å². The Morgan fingerprint density at radius 3 is 1.43 bits per heavy atom. The van der Waals surface area contributed by atoms with Crippen LogP contribution in [0.1, 0.15) is 38.0 Å². The van der Waals surface area contributed by atoms with Crippen LogP contribution in [0.15, 0.2) is 72.8 Å². The second-order valence-corrected chi connectivity index (χ2v) is 8.30. The number of carbonyl (C=O) groups is 4. The number of hydrogen-bond acceptors (Lipinski definition) is 4. The van der Waals surface area contributed by atoms with Gasteiger partial charge in [0.15, 0.2) is 0 Å². The van der Waals surface area contributed by atoms with E-state index in [1.165, 1.54) is 6.92 Å². The summed E-state index contributed by atoms with van der Waals surface area (Å²) in [4.78, 5) is 48.4. The molecule has 0 spiro atoms. The zero-order valence-corrected chi connectivity index (χ0v) is 20.7. The van der Waals surface area contributed by atoms with E-state index < -0.39 is 0 Å². The molecule has 0 aliphatic heterocycles. The molecule has 192 valence electrons. The first kappa shape index (κ1) is 27.1. The molecule has 0 fully saturated rings. The SMILES string of the molecule is CC(=O)Nc1ccc(C(=O)Nc2ccc(C(=O)Nc3ccc(C(=O)NCC[NH2+]CC[NH3+])cc3)cc2)cc1. The van der Waals surface area contributed by atoms with Gasteiger partial charge in [0, 0.05) is 40.7 Å². The van der Waals surface area contributed by atoms with Gasteiger partial charge in [0.1, 0.15) is 13.1 Å². The molecule has 3 rings (SSSR count). The van der Waals surface area contributed by atoms with Crippen LogP contribution < -0.4 is 32.3 Å². The lowest BCUT2D eigenvalue weighted by Crippen LogP contribution is -2.89. The number of quaternary nitrogens is 2. The highest BCUT2D eigenvalue weighted by molar-refractivity contribution is 6.06. The second kappa shape index (κ2) is 13.5. The molecule has 3 aromatic carbocycles. The van der Waals surface area contributed by atoms with Gasteiger partial charge in [-0.05, 0) is 72.8 Å². The molecule has 0 aromatic heterocycles. The Morgan fingerprint density at radius 1 is 0.622 bits per heavy atom. The first-order valence-electron chi connectivity index (χ1n) is 12.0. The molecule has 9 N–H and O–H groups in total. The van der Waals surface area contributed by atoms with Crippen molar-refractivity contribution in [3.8, 4) is 0 Å². The van der Waals surface area contributed by atoms with E-state index in [1.54, 1.807) is 72.8 Å². The first-order valence-corrected chi connectivity index (χ1v) is 12.0. The van der Waals surface area contributed by atoms with Gasteiger partial charge in [-0.3, -0.25) is 19.2 Å². The molecule has 10 nitrogen and oxygen atoms in total. The van der Waals surface area contributed by atoms with Crippen LogP contribution in [-0.2, 0) is 4.79 Å². The number of hydrogen-bond donors (Lipinski definition) is 6. The highest BCUT2D eigenvalue weighted by atomic mass is 16.2. The summed E-state index contributed by atoms with van der Waals surface area (Å²) in [7, 11) is 0. The van der Waals surface area contributed by atoms with Crippen LogP contribution >= 0.6 is 0 Å². The number of rotatable bonds is 11. The molecule has 0 radical (unpaired) electrons. The van der Waals surface area contributed by atoms with Crippen LogP contribution in [0.2, 0.25) is 0 Å². The maximum Gasteiger partial charge on any atom is 0.255 e. The van der Waals surface area contributed by atoms with Gasteiger partial charge in [0.25, 0.3) is 17.7 Å². The smallest absolute Gasteiger partial charge is 0.255 e. The van der Waals surface area contributed by atoms with Crippen LogP contribution in [0.5, 0.6) is 0 Å². The maximum atomic E-state index is 12.6. The second-order valence-electron chi connectivity index (χ2n) is 8.30. The molecule has 0 unspecified atom stereocenters. The molecule has 0 aliphatic rings. The Balaban J connectivity index is 1.50. The fourth-order valence-corrected chi connectivity index (χ4v) is 3.40. The minimum absolute atomic E-state index is 0.165. The molecule has 0 heterocycles. The Hall–Kier alpha value is -4.54. The van der Waals surface area contributed by atoms with E-state index in [9.17, 15) is 19.2 Å². The van der Waals surface area contributed by atoms with E-state index in [4.69, 9.17) is 0 Å². The normalized spacial score (nSPS) is 10.3. The number of carbonyl (C=O) groups excluding carboxylic acids is 4. The summed E-state index contributed by atoms with van der Waals surface area (Å²) in [5.74, 6) is -0.981. The number of anilines is 3. The van der Waals surface area contributed by atoms with Crippen LogP contribution in [-0.4, -0.2) is 49.8 Å². The average Bonchev–Trinajstić information content (AvgIpc) is 2.89. The third-order valence-corrected chi connectivity index (χ3v) is 5.32. The highest BCUT2D eigenvalue weighted by Crippen LogP contribution is 2.16. The number of benzene rings is 3. The largest absolute Gasteiger partial charge is 0.353 e. The summed E-state index contributed by atoms with van der Waals surface area (Å²) < 4.78 is 0. The summed E-state index contributed by atoms with van der Waals surface area (Å²) in [5.41, 5.74) is 6.83. The van der Waals surface area contributed by atoms with Gasteiger partial charge in [-0.2, -0.15) is 0 Å². The van der Waals surface area contributed by atoms with E-state index in [1.807, 2.05) is 0 Å². The van der Waals surface area contributed by atoms with Gasteiger partial charge < -0.3 is 32.3 Å². The molecule has 10 heteroatoms. The van der Waals surface area contributed by atoms with Gasteiger partial charge in [0.2, 0.25) is 5.91 Å². The van der Waals surface area contributed by atoms with Crippen molar-refractivity contribution in [3.63, 3.8) is 0 Å². The lowest BCUT2D eigenvalue weighted by atomic mass is 10.1. The van der Waals surface area contributed by atoms with Crippen molar-refractivity contribution >= 4 is 40.7 Å². The van der Waals surface area contributed by atoms with Crippen LogP contribution in [0.3, 0.4) is 0 Å². The van der Waals surface area contributed by atoms with Crippen molar-refractivity contribution < 1.29 is 30.2 Å². The topological polar surface area (TPSA) is 161 Å². The summed E-state index contributed by atoms with van der Waals surface area (Å²) >= 11 is 0. The molecule has 0 atom stereocenters. The summed E-state index contributed by atoms with van der Waals surface area (Å²) in [6, 6.07) is 19.7. The highest BCUT2D eigenvalue weighted by Gasteiger charge is 2.10.